The number of hydrogen-bond donors (Lipinski definition) is 1. The maximum Gasteiger partial charge on any atom is 0.315 e. The van der Waals surface area contributed by atoms with Crippen LogP contribution in [0.15, 0.2) is 30.5 Å². The van der Waals surface area contributed by atoms with Gasteiger partial charge < -0.3 is 10.1 Å². The summed E-state index contributed by atoms with van der Waals surface area (Å²) in [5.74, 6) is -0.376. The van der Waals surface area contributed by atoms with Crippen molar-refractivity contribution in [2.45, 2.75) is 19.3 Å². The molecule has 0 saturated heterocycles. The molecule has 2 heterocycles. The smallest absolute Gasteiger partial charge is 0.315 e. The van der Waals surface area contributed by atoms with Gasteiger partial charge in [0, 0.05) is 17.5 Å². The minimum atomic E-state index is -0.227. The lowest BCUT2D eigenvalue weighted by atomic mass is 9.97. The minimum Gasteiger partial charge on any atom is -0.465 e. The van der Waals surface area contributed by atoms with Crippen LogP contribution in [0, 0.1) is 0 Å². The van der Waals surface area contributed by atoms with E-state index in [0.717, 1.165) is 28.6 Å². The van der Waals surface area contributed by atoms with Gasteiger partial charge in [0.05, 0.1) is 24.0 Å². The summed E-state index contributed by atoms with van der Waals surface area (Å²) in [5, 5.41) is 4.27. The van der Waals surface area contributed by atoms with Gasteiger partial charge in [-0.3, -0.25) is 9.78 Å². The van der Waals surface area contributed by atoms with Gasteiger partial charge in [-0.15, -0.1) is 0 Å². The molecule has 4 nitrogen and oxygen atoms in total. The van der Waals surface area contributed by atoms with Crippen LogP contribution < -0.4 is 5.32 Å². The van der Waals surface area contributed by atoms with E-state index in [0.29, 0.717) is 13.2 Å². The number of nitrogens with one attached hydrogen (secondary N) is 1. The number of fused-ring (bicyclic) bond motifs is 3. The van der Waals surface area contributed by atoms with E-state index >= 15 is 0 Å². The van der Waals surface area contributed by atoms with Crippen LogP contribution in [-0.2, 0) is 9.53 Å². The maximum absolute atomic E-state index is 12.1. The van der Waals surface area contributed by atoms with E-state index in [4.69, 9.17) is 4.74 Å². The van der Waals surface area contributed by atoms with Crippen molar-refractivity contribution in [2.75, 3.05) is 18.5 Å². The first-order chi connectivity index (χ1) is 9.31. The molecule has 1 aliphatic rings. The van der Waals surface area contributed by atoms with Crippen molar-refractivity contribution in [2.24, 2.45) is 0 Å². The van der Waals surface area contributed by atoms with Crippen molar-refractivity contribution < 1.29 is 9.53 Å². The second-order valence-electron chi connectivity index (χ2n) is 4.70. The van der Waals surface area contributed by atoms with Gasteiger partial charge in [0.15, 0.2) is 0 Å². The van der Waals surface area contributed by atoms with Crippen LogP contribution in [0.2, 0.25) is 0 Å². The molecule has 1 N–H and O–H groups in total. The summed E-state index contributed by atoms with van der Waals surface area (Å²) in [4.78, 5) is 16.5. The molecule has 0 amide bonds. The van der Waals surface area contributed by atoms with Crippen molar-refractivity contribution in [1.82, 2.24) is 4.98 Å². The summed E-state index contributed by atoms with van der Waals surface area (Å²) in [6.07, 6.45) is 2.64. The van der Waals surface area contributed by atoms with E-state index in [2.05, 4.69) is 10.3 Å². The topological polar surface area (TPSA) is 51.2 Å². The Kier molecular flexibility index (Phi) is 3.07. The number of benzene rings is 1. The zero-order chi connectivity index (χ0) is 13.2. The molecule has 0 fully saturated rings. The molecule has 0 saturated carbocycles. The Labute approximate surface area is 111 Å². The van der Waals surface area contributed by atoms with Crippen LogP contribution in [-0.4, -0.2) is 24.1 Å². The fraction of sp³-hybridized carbons (Fsp3) is 0.333. The molecule has 2 aromatic rings. The maximum atomic E-state index is 12.1. The first-order valence-corrected chi connectivity index (χ1v) is 6.59. The number of aromatic nitrogens is 1. The summed E-state index contributed by atoms with van der Waals surface area (Å²) < 4.78 is 5.28. The normalized spacial score (nSPS) is 17.0. The lowest BCUT2D eigenvalue weighted by molar-refractivity contribution is -0.144. The van der Waals surface area contributed by atoms with Crippen molar-refractivity contribution in [3.05, 3.63) is 36.0 Å². The summed E-state index contributed by atoms with van der Waals surface area (Å²) in [5.41, 5.74) is 2.88. The van der Waals surface area contributed by atoms with Crippen LogP contribution in [0.5, 0.6) is 0 Å². The van der Waals surface area contributed by atoms with Crippen LogP contribution in [0.25, 0.3) is 10.9 Å². The van der Waals surface area contributed by atoms with Gasteiger partial charge in [-0.2, -0.15) is 0 Å². The molecule has 98 valence electrons. The number of rotatable bonds is 3. The Hall–Kier alpha value is -2.10. The molecule has 0 bridgehead atoms. The molecule has 0 aliphatic carbocycles. The van der Waals surface area contributed by atoms with Gasteiger partial charge in [0.25, 0.3) is 0 Å². The summed E-state index contributed by atoms with van der Waals surface area (Å²) in [6.45, 7) is 3.06. The molecular weight excluding hydrogens is 240 g/mol. The van der Waals surface area contributed by atoms with Gasteiger partial charge in [0.1, 0.15) is 5.92 Å². The Morgan fingerprint density at radius 3 is 3.16 bits per heavy atom. The van der Waals surface area contributed by atoms with Crippen molar-refractivity contribution in [3.63, 3.8) is 0 Å². The molecule has 4 heteroatoms. The van der Waals surface area contributed by atoms with E-state index in [1.807, 2.05) is 31.2 Å². The highest BCUT2D eigenvalue weighted by atomic mass is 16.5. The number of hydrogen-bond acceptors (Lipinski definition) is 4. The number of anilines is 1. The Balaban J connectivity index is 2.03. The zero-order valence-electron chi connectivity index (χ0n) is 10.8. The Bertz CT molecular complexity index is 625. The number of pyridine rings is 1. The van der Waals surface area contributed by atoms with Gasteiger partial charge in [-0.05, 0) is 12.5 Å². The number of nitrogens with zero attached hydrogens (tertiary/aromatic N) is 1. The van der Waals surface area contributed by atoms with Crippen molar-refractivity contribution >= 4 is 22.6 Å². The predicted molar refractivity (Wildman–Crippen MR) is 74.2 cm³/mol. The van der Waals surface area contributed by atoms with E-state index < -0.39 is 0 Å². The van der Waals surface area contributed by atoms with E-state index in [9.17, 15) is 4.79 Å². The fourth-order valence-corrected chi connectivity index (χ4v) is 2.50. The molecule has 0 radical (unpaired) electrons. The number of para-hydroxylation sites is 1. The summed E-state index contributed by atoms with van der Waals surface area (Å²) >= 11 is 0. The first kappa shape index (κ1) is 12.0. The molecule has 1 aromatic heterocycles. The predicted octanol–water partition coefficient (Wildman–Crippen LogP) is 2.70. The number of carbonyl (C=O) groups is 1. The highest BCUT2D eigenvalue weighted by Gasteiger charge is 2.31. The highest BCUT2D eigenvalue weighted by molar-refractivity contribution is 5.95. The lowest BCUT2D eigenvalue weighted by Gasteiger charge is -2.11. The van der Waals surface area contributed by atoms with Crippen molar-refractivity contribution in [1.29, 1.82) is 0 Å². The Morgan fingerprint density at radius 2 is 2.32 bits per heavy atom. The Morgan fingerprint density at radius 1 is 1.47 bits per heavy atom. The second-order valence-corrected chi connectivity index (χ2v) is 4.70. The van der Waals surface area contributed by atoms with Gasteiger partial charge in [-0.25, -0.2) is 0 Å². The molecule has 3 rings (SSSR count). The van der Waals surface area contributed by atoms with Crippen molar-refractivity contribution in [3.8, 4) is 0 Å². The summed E-state index contributed by atoms with van der Waals surface area (Å²) in [6, 6.07) is 7.89. The average molecular weight is 256 g/mol. The lowest BCUT2D eigenvalue weighted by Crippen LogP contribution is -2.18. The van der Waals surface area contributed by atoms with Gasteiger partial charge >= 0.3 is 5.97 Å². The molecular formula is C15H16N2O2. The van der Waals surface area contributed by atoms with E-state index in [1.54, 1.807) is 6.20 Å². The number of carbonyl (C=O) groups excluding carboxylic acids is 1. The molecule has 0 spiro atoms. The molecule has 1 aromatic carbocycles. The number of esters is 1. The fourth-order valence-electron chi connectivity index (χ4n) is 2.50. The molecule has 1 atom stereocenters. The largest absolute Gasteiger partial charge is 0.465 e. The van der Waals surface area contributed by atoms with Crippen LogP contribution in [0.4, 0.5) is 5.69 Å². The molecule has 19 heavy (non-hydrogen) atoms. The average Bonchev–Trinajstić information content (AvgIpc) is 2.89. The van der Waals surface area contributed by atoms with E-state index in [1.165, 1.54) is 0 Å². The number of ether oxygens (including phenoxy) is 1. The molecule has 1 aliphatic heterocycles. The second kappa shape index (κ2) is 4.88. The monoisotopic (exact) mass is 256 g/mol. The summed E-state index contributed by atoms with van der Waals surface area (Å²) in [7, 11) is 0. The van der Waals surface area contributed by atoms with Crippen LogP contribution >= 0.6 is 0 Å². The first-order valence-electron chi connectivity index (χ1n) is 6.59. The van der Waals surface area contributed by atoms with Gasteiger partial charge in [-0.1, -0.05) is 25.1 Å². The van der Waals surface area contributed by atoms with Crippen LogP contribution in [0.1, 0.15) is 24.8 Å². The third-order valence-electron chi connectivity index (χ3n) is 3.40. The standard InChI is InChI=1S/C15H16N2O2/c1-2-7-19-15(18)11-8-16-13-9-17-12-6-4-3-5-10(12)14(11)13/h3-6,9,11,16H,2,7-8H2,1H3. The SMILES string of the molecule is CCCOC(=O)C1CNc2cnc3ccccc3c21. The minimum absolute atomic E-state index is 0.149. The van der Waals surface area contributed by atoms with Crippen LogP contribution in [0.3, 0.4) is 0 Å². The highest BCUT2D eigenvalue weighted by Crippen LogP contribution is 2.36. The molecule has 1 unspecified atom stereocenters. The quantitative estimate of drug-likeness (QED) is 0.858. The third-order valence-corrected chi connectivity index (χ3v) is 3.40. The van der Waals surface area contributed by atoms with Gasteiger partial charge in [0.2, 0.25) is 0 Å². The van der Waals surface area contributed by atoms with E-state index in [-0.39, 0.29) is 11.9 Å². The third kappa shape index (κ3) is 2.03. The zero-order valence-corrected chi connectivity index (χ0v) is 10.8.